The van der Waals surface area contributed by atoms with Gasteiger partial charge in [0.2, 0.25) is 15.9 Å². The molecule has 1 amide bonds. The molecule has 0 saturated heterocycles. The number of hydrogen-bond donors (Lipinski definition) is 0. The molecular weight excluding hydrogens is 352 g/mol. The highest BCUT2D eigenvalue weighted by atomic mass is 32.2. The van der Waals surface area contributed by atoms with Crippen molar-refractivity contribution in [1.82, 2.24) is 14.1 Å². The van der Waals surface area contributed by atoms with Gasteiger partial charge in [0.1, 0.15) is 0 Å². The standard InChI is InChI=1S/C18H24N4O3S/c1-13-10-14(2)22(19-13)9-5-8-20(3)26(24,25)16-6-7-17-15(11-16)12-18(23)21(17)4/h6-7,10-11H,5,8-9,12H2,1-4H3. The van der Waals surface area contributed by atoms with E-state index in [0.29, 0.717) is 19.5 Å². The fourth-order valence-electron chi connectivity index (χ4n) is 3.25. The van der Waals surface area contributed by atoms with Gasteiger partial charge in [-0.15, -0.1) is 0 Å². The molecule has 26 heavy (non-hydrogen) atoms. The van der Waals surface area contributed by atoms with Gasteiger partial charge < -0.3 is 4.90 Å². The monoisotopic (exact) mass is 376 g/mol. The molecule has 1 aliphatic rings. The maximum Gasteiger partial charge on any atom is 0.242 e. The molecule has 1 aromatic carbocycles. The van der Waals surface area contributed by atoms with E-state index in [0.717, 1.165) is 22.6 Å². The van der Waals surface area contributed by atoms with E-state index in [4.69, 9.17) is 0 Å². The molecule has 2 heterocycles. The van der Waals surface area contributed by atoms with E-state index in [1.807, 2.05) is 24.6 Å². The predicted molar refractivity (Wildman–Crippen MR) is 99.7 cm³/mol. The summed E-state index contributed by atoms with van der Waals surface area (Å²) in [4.78, 5) is 13.6. The molecule has 140 valence electrons. The van der Waals surface area contributed by atoms with E-state index in [-0.39, 0.29) is 17.2 Å². The van der Waals surface area contributed by atoms with Crippen LogP contribution in [0.4, 0.5) is 5.69 Å². The van der Waals surface area contributed by atoms with Gasteiger partial charge in [0, 0.05) is 38.6 Å². The molecule has 0 saturated carbocycles. The van der Waals surface area contributed by atoms with Crippen molar-refractivity contribution in [3.05, 3.63) is 41.2 Å². The summed E-state index contributed by atoms with van der Waals surface area (Å²) in [5.74, 6) is -0.0206. The Hall–Kier alpha value is -2.19. The zero-order chi connectivity index (χ0) is 19.1. The minimum absolute atomic E-state index is 0.0206. The first-order chi connectivity index (χ1) is 12.2. The van der Waals surface area contributed by atoms with Crippen molar-refractivity contribution >= 4 is 21.6 Å². The van der Waals surface area contributed by atoms with Crippen molar-refractivity contribution in [2.24, 2.45) is 0 Å². The lowest BCUT2D eigenvalue weighted by molar-refractivity contribution is -0.117. The fraction of sp³-hybridized carbons (Fsp3) is 0.444. The molecule has 0 N–H and O–H groups in total. The average molecular weight is 376 g/mol. The van der Waals surface area contributed by atoms with Crippen LogP contribution >= 0.6 is 0 Å². The van der Waals surface area contributed by atoms with Crippen LogP contribution in [0, 0.1) is 13.8 Å². The molecule has 1 aliphatic heterocycles. The minimum Gasteiger partial charge on any atom is -0.315 e. The molecule has 0 bridgehead atoms. The number of amides is 1. The van der Waals surface area contributed by atoms with Gasteiger partial charge in [0.15, 0.2) is 0 Å². The molecule has 8 heteroatoms. The molecule has 3 rings (SSSR count). The minimum atomic E-state index is -3.58. The third kappa shape index (κ3) is 3.39. The van der Waals surface area contributed by atoms with Gasteiger partial charge >= 0.3 is 0 Å². The highest BCUT2D eigenvalue weighted by Crippen LogP contribution is 2.30. The number of likely N-dealkylation sites (N-methyl/N-ethyl adjacent to an activating group) is 1. The lowest BCUT2D eigenvalue weighted by Crippen LogP contribution is -2.28. The van der Waals surface area contributed by atoms with Crippen molar-refractivity contribution in [1.29, 1.82) is 0 Å². The van der Waals surface area contributed by atoms with Crippen molar-refractivity contribution in [2.45, 2.75) is 38.1 Å². The summed E-state index contributed by atoms with van der Waals surface area (Å²) in [5.41, 5.74) is 3.57. The summed E-state index contributed by atoms with van der Waals surface area (Å²) in [5, 5.41) is 4.39. The number of carbonyl (C=O) groups is 1. The number of aryl methyl sites for hydroxylation is 3. The third-order valence-electron chi connectivity index (χ3n) is 4.78. The Morgan fingerprint density at radius 3 is 2.62 bits per heavy atom. The number of carbonyl (C=O) groups excluding carboxylic acids is 1. The molecule has 2 aromatic rings. The Kier molecular flexibility index (Phi) is 4.90. The Morgan fingerprint density at radius 2 is 1.96 bits per heavy atom. The topological polar surface area (TPSA) is 75.5 Å². The maximum atomic E-state index is 12.8. The third-order valence-corrected chi connectivity index (χ3v) is 6.64. The van der Waals surface area contributed by atoms with Crippen LogP contribution in [0.5, 0.6) is 0 Å². The van der Waals surface area contributed by atoms with Crippen LogP contribution in [-0.4, -0.2) is 49.1 Å². The first-order valence-electron chi connectivity index (χ1n) is 8.57. The second-order valence-electron chi connectivity index (χ2n) is 6.75. The quantitative estimate of drug-likeness (QED) is 0.769. The zero-order valence-corrected chi connectivity index (χ0v) is 16.4. The highest BCUT2D eigenvalue weighted by molar-refractivity contribution is 7.89. The van der Waals surface area contributed by atoms with E-state index in [9.17, 15) is 13.2 Å². The van der Waals surface area contributed by atoms with Crippen molar-refractivity contribution in [3.8, 4) is 0 Å². The summed E-state index contributed by atoms with van der Waals surface area (Å²) in [6.07, 6.45) is 0.917. The molecule has 0 spiro atoms. The van der Waals surface area contributed by atoms with Crippen molar-refractivity contribution in [2.75, 3.05) is 25.5 Å². The predicted octanol–water partition coefficient (Wildman–Crippen LogP) is 1.73. The van der Waals surface area contributed by atoms with Gasteiger partial charge in [-0.1, -0.05) is 0 Å². The van der Waals surface area contributed by atoms with Crippen LogP contribution in [0.15, 0.2) is 29.2 Å². The van der Waals surface area contributed by atoms with Crippen molar-refractivity contribution < 1.29 is 13.2 Å². The highest BCUT2D eigenvalue weighted by Gasteiger charge is 2.27. The number of aromatic nitrogens is 2. The summed E-state index contributed by atoms with van der Waals surface area (Å²) < 4.78 is 28.9. The number of fused-ring (bicyclic) bond motifs is 1. The number of nitrogens with zero attached hydrogens (tertiary/aromatic N) is 4. The lowest BCUT2D eigenvalue weighted by Gasteiger charge is -2.18. The van der Waals surface area contributed by atoms with E-state index in [2.05, 4.69) is 5.10 Å². The zero-order valence-electron chi connectivity index (χ0n) is 15.6. The van der Waals surface area contributed by atoms with Gasteiger partial charge in [-0.2, -0.15) is 5.10 Å². The Morgan fingerprint density at radius 1 is 1.23 bits per heavy atom. The molecule has 0 atom stereocenters. The van der Waals surface area contributed by atoms with E-state index in [1.54, 1.807) is 37.2 Å². The summed E-state index contributed by atoms with van der Waals surface area (Å²) >= 11 is 0. The molecule has 0 unspecified atom stereocenters. The SMILES string of the molecule is Cc1cc(C)n(CCCN(C)S(=O)(=O)c2ccc3c(c2)CC(=O)N3C)n1. The number of anilines is 1. The Bertz CT molecular complexity index is 949. The van der Waals surface area contributed by atoms with Crippen LogP contribution in [0.25, 0.3) is 0 Å². The summed E-state index contributed by atoms with van der Waals surface area (Å²) in [7, 11) is -0.295. The van der Waals surface area contributed by atoms with Crippen LogP contribution in [0.3, 0.4) is 0 Å². The number of rotatable bonds is 6. The first kappa shape index (κ1) is 18.6. The van der Waals surface area contributed by atoms with Crippen LogP contribution in [0.1, 0.15) is 23.4 Å². The van der Waals surface area contributed by atoms with Crippen LogP contribution < -0.4 is 4.90 Å². The normalized spacial score (nSPS) is 14.3. The summed E-state index contributed by atoms with van der Waals surface area (Å²) in [6, 6.07) is 6.89. The van der Waals surface area contributed by atoms with E-state index < -0.39 is 10.0 Å². The van der Waals surface area contributed by atoms with Gasteiger partial charge in [-0.3, -0.25) is 9.48 Å². The van der Waals surface area contributed by atoms with E-state index >= 15 is 0 Å². The first-order valence-corrected chi connectivity index (χ1v) is 10.0. The second-order valence-corrected chi connectivity index (χ2v) is 8.80. The van der Waals surface area contributed by atoms with Gasteiger partial charge in [-0.05, 0) is 50.1 Å². The largest absolute Gasteiger partial charge is 0.315 e. The molecule has 1 aromatic heterocycles. The summed E-state index contributed by atoms with van der Waals surface area (Å²) in [6.45, 7) is 5.00. The van der Waals surface area contributed by atoms with Crippen LogP contribution in [0.2, 0.25) is 0 Å². The van der Waals surface area contributed by atoms with E-state index in [1.165, 1.54) is 4.31 Å². The van der Waals surface area contributed by atoms with Gasteiger partial charge in [-0.25, -0.2) is 12.7 Å². The maximum absolute atomic E-state index is 12.8. The van der Waals surface area contributed by atoms with Gasteiger partial charge in [0.25, 0.3) is 0 Å². The second kappa shape index (κ2) is 6.85. The number of benzene rings is 1. The molecular formula is C18H24N4O3S. The van der Waals surface area contributed by atoms with Crippen LogP contribution in [-0.2, 0) is 27.8 Å². The Labute approximate surface area is 154 Å². The molecule has 0 radical (unpaired) electrons. The fourth-order valence-corrected chi connectivity index (χ4v) is 4.51. The average Bonchev–Trinajstić information content (AvgIpc) is 3.05. The molecule has 0 fully saturated rings. The Balaban J connectivity index is 1.69. The lowest BCUT2D eigenvalue weighted by atomic mass is 10.2. The molecule has 7 nitrogen and oxygen atoms in total. The van der Waals surface area contributed by atoms with Gasteiger partial charge in [0.05, 0.1) is 17.0 Å². The van der Waals surface area contributed by atoms with Crippen molar-refractivity contribution in [3.63, 3.8) is 0 Å². The molecule has 0 aliphatic carbocycles. The smallest absolute Gasteiger partial charge is 0.242 e. The number of sulfonamides is 1. The number of hydrogen-bond acceptors (Lipinski definition) is 4.